The molecule has 0 aliphatic heterocycles. The lowest BCUT2D eigenvalue weighted by Gasteiger charge is -2.23. The molecule has 7 heteroatoms. The molecule has 0 radical (unpaired) electrons. The van der Waals surface area contributed by atoms with E-state index in [9.17, 15) is 4.39 Å². The Morgan fingerprint density at radius 2 is 2.04 bits per heavy atom. The number of methoxy groups -OCH3 is 1. The summed E-state index contributed by atoms with van der Waals surface area (Å²) in [7, 11) is 1.46. The maximum Gasteiger partial charge on any atom is 0.191 e. The summed E-state index contributed by atoms with van der Waals surface area (Å²) in [5.74, 6) is 0.622. The Kier molecular flexibility index (Phi) is 10.6. The lowest BCUT2D eigenvalue weighted by Crippen LogP contribution is -2.43. The van der Waals surface area contributed by atoms with Gasteiger partial charge in [0.25, 0.3) is 0 Å². The van der Waals surface area contributed by atoms with E-state index in [2.05, 4.69) is 35.7 Å². The highest BCUT2D eigenvalue weighted by atomic mass is 127. The first-order valence-electron chi connectivity index (χ1n) is 7.31. The predicted molar refractivity (Wildman–Crippen MR) is 109 cm³/mol. The Balaban J connectivity index is 0.00000484. The van der Waals surface area contributed by atoms with Crippen LogP contribution < -0.4 is 15.4 Å². The van der Waals surface area contributed by atoms with Crippen molar-refractivity contribution in [2.24, 2.45) is 4.99 Å². The van der Waals surface area contributed by atoms with E-state index in [1.165, 1.54) is 13.2 Å². The minimum absolute atomic E-state index is 0. The summed E-state index contributed by atoms with van der Waals surface area (Å²) in [6, 6.07) is 4.90. The lowest BCUT2D eigenvalue weighted by atomic mass is 10.2. The van der Waals surface area contributed by atoms with E-state index >= 15 is 0 Å². The number of nitrogens with one attached hydrogen (secondary N) is 2. The van der Waals surface area contributed by atoms with Crippen molar-refractivity contribution >= 4 is 41.7 Å². The molecule has 23 heavy (non-hydrogen) atoms. The Morgan fingerprint density at radius 3 is 2.57 bits per heavy atom. The van der Waals surface area contributed by atoms with Crippen LogP contribution in [0.3, 0.4) is 0 Å². The van der Waals surface area contributed by atoms with Gasteiger partial charge in [0.05, 0.1) is 13.7 Å². The summed E-state index contributed by atoms with van der Waals surface area (Å²) >= 11 is 1.80. The number of hydrogen-bond donors (Lipinski definition) is 2. The molecule has 0 saturated carbocycles. The first kappa shape index (κ1) is 22.3. The molecule has 132 valence electrons. The van der Waals surface area contributed by atoms with E-state index in [4.69, 9.17) is 4.74 Å². The topological polar surface area (TPSA) is 45.7 Å². The normalized spacial score (nSPS) is 11.7. The van der Waals surface area contributed by atoms with Crippen LogP contribution in [-0.2, 0) is 6.54 Å². The zero-order chi connectivity index (χ0) is 16.6. The molecule has 0 fully saturated rings. The van der Waals surface area contributed by atoms with Gasteiger partial charge in [0.1, 0.15) is 0 Å². The van der Waals surface area contributed by atoms with Gasteiger partial charge >= 0.3 is 0 Å². The molecule has 4 nitrogen and oxygen atoms in total. The van der Waals surface area contributed by atoms with Gasteiger partial charge in [0.2, 0.25) is 0 Å². The smallest absolute Gasteiger partial charge is 0.191 e. The second kappa shape index (κ2) is 11.0. The third-order valence-corrected chi connectivity index (χ3v) is 4.46. The fourth-order valence-corrected chi connectivity index (χ4v) is 1.91. The molecule has 0 unspecified atom stereocenters. The fraction of sp³-hybridized carbons (Fsp3) is 0.562. The highest BCUT2D eigenvalue weighted by Gasteiger charge is 2.16. The summed E-state index contributed by atoms with van der Waals surface area (Å²) in [5.41, 5.74) is 0.805. The fourth-order valence-electron chi connectivity index (χ4n) is 1.69. The average Bonchev–Trinajstić information content (AvgIpc) is 2.50. The molecular formula is C16H27FIN3OS. The Morgan fingerprint density at radius 1 is 1.35 bits per heavy atom. The van der Waals surface area contributed by atoms with E-state index in [1.807, 2.05) is 13.0 Å². The van der Waals surface area contributed by atoms with Crippen molar-refractivity contribution < 1.29 is 9.13 Å². The van der Waals surface area contributed by atoms with Gasteiger partial charge in [0.15, 0.2) is 17.5 Å². The molecule has 0 bridgehead atoms. The second-order valence-corrected chi connectivity index (χ2v) is 6.99. The second-order valence-electron chi connectivity index (χ2n) is 5.48. The molecule has 0 amide bonds. The van der Waals surface area contributed by atoms with Crippen LogP contribution in [0, 0.1) is 5.82 Å². The van der Waals surface area contributed by atoms with Crippen LogP contribution in [0.2, 0.25) is 0 Å². The summed E-state index contributed by atoms with van der Waals surface area (Å²) in [6.45, 7) is 8.36. The molecule has 0 heterocycles. The lowest BCUT2D eigenvalue weighted by molar-refractivity contribution is 0.386. The monoisotopic (exact) mass is 455 g/mol. The van der Waals surface area contributed by atoms with Crippen molar-refractivity contribution in [2.45, 2.75) is 32.1 Å². The van der Waals surface area contributed by atoms with E-state index in [-0.39, 0.29) is 40.3 Å². The van der Waals surface area contributed by atoms with Gasteiger partial charge in [-0.15, -0.1) is 24.0 Å². The zero-order valence-electron chi connectivity index (χ0n) is 14.4. The number of thioether (sulfide) groups is 1. The summed E-state index contributed by atoms with van der Waals surface area (Å²) in [6.07, 6.45) is 2.09. The van der Waals surface area contributed by atoms with E-state index in [0.29, 0.717) is 6.54 Å². The third kappa shape index (κ3) is 8.10. The Bertz CT molecular complexity index is 512. The molecule has 2 N–H and O–H groups in total. The number of guanidine groups is 1. The number of halogens is 2. The molecule has 0 aromatic heterocycles. The first-order chi connectivity index (χ1) is 10.4. The molecule has 1 rings (SSSR count). The van der Waals surface area contributed by atoms with Crippen molar-refractivity contribution in [3.63, 3.8) is 0 Å². The number of hydrogen-bond acceptors (Lipinski definition) is 3. The van der Waals surface area contributed by atoms with Crippen LogP contribution in [0.25, 0.3) is 0 Å². The minimum atomic E-state index is -0.364. The highest BCUT2D eigenvalue weighted by Crippen LogP contribution is 2.20. The highest BCUT2D eigenvalue weighted by molar-refractivity contribution is 14.0. The standard InChI is InChI=1S/C16H26FN3OS.HI/c1-6-18-15(20-11-16(2,3)22-5)19-10-12-7-8-14(21-4)13(17)9-12;/h7-9H,6,10-11H2,1-5H3,(H2,18,19,20);1H. The number of benzene rings is 1. The Hall–Kier alpha value is -0.700. The molecule has 0 aliphatic rings. The van der Waals surface area contributed by atoms with Crippen LogP contribution in [0.15, 0.2) is 23.2 Å². The Labute approximate surface area is 160 Å². The quantitative estimate of drug-likeness (QED) is 0.375. The molecule has 0 saturated heterocycles. The van der Waals surface area contributed by atoms with Crippen LogP contribution in [0.4, 0.5) is 4.39 Å². The molecule has 0 spiro atoms. The first-order valence-corrected chi connectivity index (χ1v) is 8.54. The average molecular weight is 455 g/mol. The van der Waals surface area contributed by atoms with Crippen LogP contribution in [0.1, 0.15) is 26.3 Å². The largest absolute Gasteiger partial charge is 0.494 e. The third-order valence-electron chi connectivity index (χ3n) is 3.21. The van der Waals surface area contributed by atoms with Crippen LogP contribution >= 0.6 is 35.7 Å². The maximum absolute atomic E-state index is 13.7. The van der Waals surface area contributed by atoms with Gasteiger partial charge in [-0.3, -0.25) is 0 Å². The summed E-state index contributed by atoms with van der Waals surface area (Å²) < 4.78 is 18.7. The van der Waals surface area contributed by atoms with Crippen molar-refractivity contribution in [1.82, 2.24) is 10.6 Å². The van der Waals surface area contributed by atoms with Crippen molar-refractivity contribution in [2.75, 3.05) is 26.5 Å². The summed E-state index contributed by atoms with van der Waals surface area (Å²) in [4.78, 5) is 4.50. The van der Waals surface area contributed by atoms with Gasteiger partial charge < -0.3 is 15.4 Å². The minimum Gasteiger partial charge on any atom is -0.494 e. The SMILES string of the molecule is CCNC(=NCc1ccc(OC)c(F)c1)NCC(C)(C)SC.I. The predicted octanol–water partition coefficient (Wildman–Crippen LogP) is 3.65. The molecule has 1 aromatic carbocycles. The van der Waals surface area contributed by atoms with E-state index in [1.54, 1.807) is 17.8 Å². The van der Waals surface area contributed by atoms with Gasteiger partial charge in [-0.05, 0) is 44.7 Å². The van der Waals surface area contributed by atoms with Gasteiger partial charge in [0, 0.05) is 17.8 Å². The molecular weight excluding hydrogens is 428 g/mol. The molecule has 1 aromatic rings. The number of rotatable bonds is 7. The van der Waals surface area contributed by atoms with Crippen molar-refractivity contribution in [3.05, 3.63) is 29.6 Å². The van der Waals surface area contributed by atoms with E-state index < -0.39 is 0 Å². The summed E-state index contributed by atoms with van der Waals surface area (Å²) in [5, 5.41) is 6.52. The van der Waals surface area contributed by atoms with Crippen molar-refractivity contribution in [1.29, 1.82) is 0 Å². The van der Waals surface area contributed by atoms with Gasteiger partial charge in [-0.2, -0.15) is 11.8 Å². The number of aliphatic imine (C=N–C) groups is 1. The van der Waals surface area contributed by atoms with Gasteiger partial charge in [-0.1, -0.05) is 6.07 Å². The molecule has 0 atom stereocenters. The van der Waals surface area contributed by atoms with Crippen LogP contribution in [0.5, 0.6) is 5.75 Å². The number of nitrogens with zero attached hydrogens (tertiary/aromatic N) is 1. The number of ether oxygens (including phenoxy) is 1. The van der Waals surface area contributed by atoms with Gasteiger partial charge in [-0.25, -0.2) is 9.38 Å². The maximum atomic E-state index is 13.7. The van der Waals surface area contributed by atoms with Crippen molar-refractivity contribution in [3.8, 4) is 5.75 Å². The van der Waals surface area contributed by atoms with Crippen LogP contribution in [-0.4, -0.2) is 37.2 Å². The van der Waals surface area contributed by atoms with E-state index in [0.717, 1.165) is 24.6 Å². The zero-order valence-corrected chi connectivity index (χ0v) is 17.6. The molecule has 0 aliphatic carbocycles.